The number of ether oxygens (including phenoxy) is 1. The average Bonchev–Trinajstić information content (AvgIpc) is 2.59. The number of hydrogen-bond acceptors (Lipinski definition) is 3. The van der Waals surface area contributed by atoms with E-state index >= 15 is 0 Å². The Morgan fingerprint density at radius 3 is 2.48 bits per heavy atom. The molecule has 0 saturated carbocycles. The Balaban J connectivity index is 1.96. The van der Waals surface area contributed by atoms with Crippen LogP contribution in [0.25, 0.3) is 0 Å². The van der Waals surface area contributed by atoms with E-state index in [0.29, 0.717) is 5.56 Å². The molecule has 27 heavy (non-hydrogen) atoms. The molecule has 0 saturated heterocycles. The number of nitrogens with one attached hydrogen (secondary N) is 1. The number of carbonyl (C=O) groups is 1. The molecule has 4 nitrogen and oxygen atoms in total. The van der Waals surface area contributed by atoms with Crippen LogP contribution in [0.15, 0.2) is 48.5 Å². The largest absolute Gasteiger partial charge is 0.483 e. The van der Waals surface area contributed by atoms with Crippen molar-refractivity contribution in [2.45, 2.75) is 12.2 Å². The summed E-state index contributed by atoms with van der Waals surface area (Å²) in [4.78, 5) is 13.8. The zero-order valence-electron chi connectivity index (χ0n) is 14.9. The third-order valence-electron chi connectivity index (χ3n) is 3.90. The predicted octanol–water partition coefficient (Wildman–Crippen LogP) is 3.64. The summed E-state index contributed by atoms with van der Waals surface area (Å²) in [6, 6.07) is 10.4. The number of halogens is 4. The van der Waals surface area contributed by atoms with Gasteiger partial charge in [0.1, 0.15) is 11.6 Å². The van der Waals surface area contributed by atoms with Crippen molar-refractivity contribution in [3.05, 3.63) is 65.5 Å². The molecule has 8 heteroatoms. The molecule has 2 aromatic carbocycles. The van der Waals surface area contributed by atoms with Crippen LogP contribution in [0.4, 0.5) is 17.6 Å². The van der Waals surface area contributed by atoms with Crippen molar-refractivity contribution in [3.63, 3.8) is 0 Å². The molecule has 0 bridgehead atoms. The molecular weight excluding hydrogens is 364 g/mol. The summed E-state index contributed by atoms with van der Waals surface area (Å²) in [6.45, 7) is -0.407. The lowest BCUT2D eigenvalue weighted by molar-refractivity contribution is -0.139. The first-order valence-corrected chi connectivity index (χ1v) is 8.16. The highest BCUT2D eigenvalue weighted by Gasteiger charge is 2.34. The van der Waals surface area contributed by atoms with E-state index in [0.717, 1.165) is 12.1 Å². The number of carbonyl (C=O) groups excluding carboxylic acids is 1. The van der Waals surface area contributed by atoms with E-state index in [4.69, 9.17) is 4.74 Å². The molecule has 2 rings (SSSR count). The van der Waals surface area contributed by atoms with Gasteiger partial charge in [-0.1, -0.05) is 24.3 Å². The van der Waals surface area contributed by atoms with Crippen molar-refractivity contribution < 1.29 is 27.1 Å². The monoisotopic (exact) mass is 384 g/mol. The predicted molar refractivity (Wildman–Crippen MR) is 92.8 cm³/mol. The van der Waals surface area contributed by atoms with Gasteiger partial charge in [0, 0.05) is 6.54 Å². The van der Waals surface area contributed by atoms with Gasteiger partial charge in [-0.25, -0.2) is 4.39 Å². The first-order valence-electron chi connectivity index (χ1n) is 8.16. The van der Waals surface area contributed by atoms with Crippen LogP contribution >= 0.6 is 0 Å². The molecule has 146 valence electrons. The van der Waals surface area contributed by atoms with Crippen molar-refractivity contribution in [3.8, 4) is 5.75 Å². The van der Waals surface area contributed by atoms with Gasteiger partial charge in [0.05, 0.1) is 11.6 Å². The maximum atomic E-state index is 13.4. The summed E-state index contributed by atoms with van der Waals surface area (Å²) < 4.78 is 57.2. The van der Waals surface area contributed by atoms with Crippen LogP contribution in [-0.2, 0) is 11.0 Å². The number of amides is 1. The number of likely N-dealkylation sites (N-methyl/N-ethyl adjacent to an activating group) is 1. The van der Waals surface area contributed by atoms with E-state index in [2.05, 4.69) is 5.32 Å². The molecule has 2 aromatic rings. The van der Waals surface area contributed by atoms with E-state index in [1.165, 1.54) is 24.3 Å². The Kier molecular flexibility index (Phi) is 6.79. The Morgan fingerprint density at radius 1 is 1.15 bits per heavy atom. The van der Waals surface area contributed by atoms with Crippen LogP contribution in [0.3, 0.4) is 0 Å². The molecule has 0 fully saturated rings. The van der Waals surface area contributed by atoms with Gasteiger partial charge in [0.25, 0.3) is 5.91 Å². The van der Waals surface area contributed by atoms with Gasteiger partial charge in [-0.05, 0) is 43.9 Å². The zero-order valence-corrected chi connectivity index (χ0v) is 14.9. The van der Waals surface area contributed by atoms with Crippen LogP contribution < -0.4 is 10.1 Å². The van der Waals surface area contributed by atoms with Crippen LogP contribution in [0.5, 0.6) is 5.75 Å². The Morgan fingerprint density at radius 2 is 1.85 bits per heavy atom. The van der Waals surface area contributed by atoms with Gasteiger partial charge in [-0.3, -0.25) is 4.79 Å². The Bertz CT molecular complexity index is 778. The van der Waals surface area contributed by atoms with Crippen molar-refractivity contribution in [1.82, 2.24) is 10.2 Å². The quantitative estimate of drug-likeness (QED) is 0.741. The molecule has 0 spiro atoms. The summed E-state index contributed by atoms with van der Waals surface area (Å²) in [5, 5.41) is 2.60. The highest BCUT2D eigenvalue weighted by atomic mass is 19.4. The SMILES string of the molecule is CN(C)C(CNC(=O)COc1ccccc1C(F)(F)F)c1cccc(F)c1. The maximum Gasteiger partial charge on any atom is 0.419 e. The van der Waals surface area contributed by atoms with E-state index in [-0.39, 0.29) is 12.6 Å². The second kappa shape index (κ2) is 8.85. The normalized spacial score (nSPS) is 12.7. The fourth-order valence-electron chi connectivity index (χ4n) is 2.54. The number of alkyl halides is 3. The number of para-hydroxylation sites is 1. The summed E-state index contributed by atoms with van der Waals surface area (Å²) in [6.07, 6.45) is -4.57. The second-order valence-electron chi connectivity index (χ2n) is 6.12. The first kappa shape index (κ1) is 20.7. The van der Waals surface area contributed by atoms with Crippen LogP contribution in [0.1, 0.15) is 17.2 Å². The smallest absolute Gasteiger partial charge is 0.419 e. The van der Waals surface area contributed by atoms with Crippen molar-refractivity contribution in [2.24, 2.45) is 0 Å². The van der Waals surface area contributed by atoms with E-state index in [1.54, 1.807) is 31.1 Å². The topological polar surface area (TPSA) is 41.6 Å². The molecule has 1 N–H and O–H groups in total. The van der Waals surface area contributed by atoms with E-state index < -0.39 is 35.8 Å². The summed E-state index contributed by atoms with van der Waals surface area (Å²) in [5.41, 5.74) is -0.271. The summed E-state index contributed by atoms with van der Waals surface area (Å²) in [5.74, 6) is -1.37. The second-order valence-corrected chi connectivity index (χ2v) is 6.12. The number of hydrogen-bond donors (Lipinski definition) is 1. The fraction of sp³-hybridized carbons (Fsp3) is 0.316. The highest BCUT2D eigenvalue weighted by molar-refractivity contribution is 5.77. The zero-order chi connectivity index (χ0) is 20.0. The Hall–Kier alpha value is -2.61. The van der Waals surface area contributed by atoms with Gasteiger partial charge in [0.15, 0.2) is 6.61 Å². The highest BCUT2D eigenvalue weighted by Crippen LogP contribution is 2.35. The molecule has 0 aromatic heterocycles. The van der Waals surface area contributed by atoms with E-state index in [9.17, 15) is 22.4 Å². The standard InChI is InChI=1S/C19H20F4N2O2/c1-25(2)16(13-6-5-7-14(20)10-13)11-24-18(26)12-27-17-9-4-3-8-15(17)19(21,22)23/h3-10,16H,11-12H2,1-2H3,(H,24,26). The lowest BCUT2D eigenvalue weighted by Gasteiger charge is -2.25. The van der Waals surface area contributed by atoms with Crippen LogP contribution in [-0.4, -0.2) is 38.1 Å². The number of nitrogens with zero attached hydrogens (tertiary/aromatic N) is 1. The minimum Gasteiger partial charge on any atom is -0.483 e. The minimum atomic E-state index is -4.57. The molecule has 0 aliphatic heterocycles. The van der Waals surface area contributed by atoms with Gasteiger partial charge >= 0.3 is 6.18 Å². The average molecular weight is 384 g/mol. The third kappa shape index (κ3) is 5.96. The van der Waals surface area contributed by atoms with Crippen molar-refractivity contribution in [2.75, 3.05) is 27.2 Å². The first-order chi connectivity index (χ1) is 12.7. The van der Waals surface area contributed by atoms with Gasteiger partial charge in [-0.2, -0.15) is 13.2 Å². The summed E-state index contributed by atoms with van der Waals surface area (Å²) in [7, 11) is 3.55. The molecule has 0 radical (unpaired) electrons. The van der Waals surface area contributed by atoms with Crippen molar-refractivity contribution in [1.29, 1.82) is 0 Å². The van der Waals surface area contributed by atoms with Crippen LogP contribution in [0.2, 0.25) is 0 Å². The minimum absolute atomic E-state index is 0.152. The lowest BCUT2D eigenvalue weighted by Crippen LogP contribution is -2.37. The van der Waals surface area contributed by atoms with Crippen molar-refractivity contribution >= 4 is 5.91 Å². The molecule has 0 heterocycles. The molecule has 1 amide bonds. The van der Waals surface area contributed by atoms with Gasteiger partial charge in [-0.15, -0.1) is 0 Å². The molecule has 0 aliphatic rings. The molecule has 1 atom stereocenters. The van der Waals surface area contributed by atoms with Gasteiger partial charge in [0.2, 0.25) is 0 Å². The molecular formula is C19H20F4N2O2. The van der Waals surface area contributed by atoms with Crippen LogP contribution in [0, 0.1) is 5.82 Å². The van der Waals surface area contributed by atoms with Gasteiger partial charge < -0.3 is 15.0 Å². The molecule has 0 aliphatic carbocycles. The number of benzene rings is 2. The fourth-order valence-corrected chi connectivity index (χ4v) is 2.54. The summed E-state index contributed by atoms with van der Waals surface area (Å²) >= 11 is 0. The Labute approximate surface area is 154 Å². The molecule has 1 unspecified atom stereocenters. The lowest BCUT2D eigenvalue weighted by atomic mass is 10.1. The maximum absolute atomic E-state index is 13.4. The third-order valence-corrected chi connectivity index (χ3v) is 3.90. The van der Waals surface area contributed by atoms with E-state index in [1.807, 2.05) is 0 Å². The number of rotatable bonds is 7.